The van der Waals surface area contributed by atoms with E-state index in [1.165, 1.54) is 0 Å². The molecular formula is C21H28N4O3. The van der Waals surface area contributed by atoms with Crippen molar-refractivity contribution in [1.29, 1.82) is 0 Å². The summed E-state index contributed by atoms with van der Waals surface area (Å²) in [5.74, 6) is 0.240. The number of nitrogens with zero attached hydrogens (tertiary/aromatic N) is 2. The number of benzene rings is 1. The molecule has 0 atom stereocenters. The number of carbonyl (C=O) groups is 2. The lowest BCUT2D eigenvalue weighted by Gasteiger charge is -2.27. The number of hydrogen-bond acceptors (Lipinski definition) is 4. The molecule has 0 unspecified atom stereocenters. The molecule has 2 aromatic rings. The van der Waals surface area contributed by atoms with E-state index in [1.807, 2.05) is 58.0 Å². The van der Waals surface area contributed by atoms with Gasteiger partial charge in [-0.1, -0.05) is 18.2 Å². The second kappa shape index (κ2) is 8.04. The fourth-order valence-corrected chi connectivity index (χ4v) is 2.86. The molecule has 1 aromatic heterocycles. The number of para-hydroxylation sites is 1. The van der Waals surface area contributed by atoms with Gasteiger partial charge in [0, 0.05) is 23.8 Å². The molecule has 1 aliphatic carbocycles. The summed E-state index contributed by atoms with van der Waals surface area (Å²) in [4.78, 5) is 26.6. The van der Waals surface area contributed by atoms with Crippen LogP contribution in [0.2, 0.25) is 0 Å². The van der Waals surface area contributed by atoms with Crippen LogP contribution in [-0.4, -0.2) is 39.2 Å². The predicted octanol–water partition coefficient (Wildman–Crippen LogP) is 4.30. The molecule has 0 aliphatic heterocycles. The normalized spacial score (nSPS) is 13.9. The summed E-state index contributed by atoms with van der Waals surface area (Å²) in [6, 6.07) is 9.26. The molecule has 0 spiro atoms. The van der Waals surface area contributed by atoms with Crippen molar-refractivity contribution in [3.8, 4) is 0 Å². The van der Waals surface area contributed by atoms with Crippen LogP contribution < -0.4 is 5.32 Å². The highest BCUT2D eigenvalue weighted by atomic mass is 16.6. The van der Waals surface area contributed by atoms with Crippen LogP contribution in [0.1, 0.15) is 68.2 Å². The number of aromatic amines is 1. The maximum absolute atomic E-state index is 12.6. The topological polar surface area (TPSA) is 87.3 Å². The molecule has 3 rings (SSSR count). The van der Waals surface area contributed by atoms with Gasteiger partial charge in [0.2, 0.25) is 0 Å². The number of rotatable bonds is 6. The molecule has 0 saturated heterocycles. The third-order valence-electron chi connectivity index (χ3n) is 4.51. The summed E-state index contributed by atoms with van der Waals surface area (Å²) in [5.41, 5.74) is 2.32. The molecule has 1 aromatic carbocycles. The van der Waals surface area contributed by atoms with Gasteiger partial charge in [-0.05, 0) is 58.2 Å². The van der Waals surface area contributed by atoms with E-state index >= 15 is 0 Å². The summed E-state index contributed by atoms with van der Waals surface area (Å²) in [7, 11) is 0. The quantitative estimate of drug-likeness (QED) is 0.777. The van der Waals surface area contributed by atoms with Crippen molar-refractivity contribution in [2.75, 3.05) is 11.9 Å². The van der Waals surface area contributed by atoms with Gasteiger partial charge in [-0.2, -0.15) is 5.10 Å². The predicted molar refractivity (Wildman–Crippen MR) is 107 cm³/mol. The van der Waals surface area contributed by atoms with Crippen LogP contribution in [0.5, 0.6) is 0 Å². The highest BCUT2D eigenvalue weighted by Crippen LogP contribution is 2.39. The summed E-state index contributed by atoms with van der Waals surface area (Å²) < 4.78 is 5.47. The molecule has 2 N–H and O–H groups in total. The van der Waals surface area contributed by atoms with Crippen LogP contribution in [0.4, 0.5) is 10.5 Å². The molecule has 28 heavy (non-hydrogen) atoms. The van der Waals surface area contributed by atoms with Crippen molar-refractivity contribution in [3.63, 3.8) is 0 Å². The Morgan fingerprint density at radius 3 is 2.64 bits per heavy atom. The highest BCUT2D eigenvalue weighted by molar-refractivity contribution is 6.03. The van der Waals surface area contributed by atoms with Gasteiger partial charge in [0.1, 0.15) is 5.60 Å². The zero-order valence-corrected chi connectivity index (χ0v) is 16.9. The summed E-state index contributed by atoms with van der Waals surface area (Å²) in [6.07, 6.45) is 1.91. The molecule has 1 fully saturated rings. The molecule has 1 heterocycles. The third kappa shape index (κ3) is 5.12. The minimum absolute atomic E-state index is 0.268. The number of ether oxygens (including phenoxy) is 1. The number of aromatic nitrogens is 2. The van der Waals surface area contributed by atoms with Crippen LogP contribution in [0.25, 0.3) is 0 Å². The molecule has 1 aliphatic rings. The van der Waals surface area contributed by atoms with Gasteiger partial charge < -0.3 is 15.0 Å². The van der Waals surface area contributed by atoms with Crippen molar-refractivity contribution < 1.29 is 14.3 Å². The zero-order chi connectivity index (χ0) is 20.3. The van der Waals surface area contributed by atoms with Gasteiger partial charge in [-0.15, -0.1) is 0 Å². The van der Waals surface area contributed by atoms with Crippen LogP contribution in [0.3, 0.4) is 0 Å². The Kier molecular flexibility index (Phi) is 5.72. The Labute approximate surface area is 165 Å². The lowest BCUT2D eigenvalue weighted by atomic mass is 10.1. The summed E-state index contributed by atoms with van der Waals surface area (Å²) in [6.45, 7) is 8.26. The first-order chi connectivity index (χ1) is 13.3. The minimum Gasteiger partial charge on any atom is -0.444 e. The number of anilines is 1. The Morgan fingerprint density at radius 2 is 2.00 bits per heavy atom. The second-order valence-corrected chi connectivity index (χ2v) is 8.09. The zero-order valence-electron chi connectivity index (χ0n) is 16.9. The SMILES string of the molecule is CCN(Cc1ccccc1NC(=O)c1cc(C2CC2)[nH]n1)C(=O)OC(C)(C)C. The molecule has 1 saturated carbocycles. The maximum Gasteiger partial charge on any atom is 0.410 e. The smallest absolute Gasteiger partial charge is 0.410 e. The van der Waals surface area contributed by atoms with Gasteiger partial charge in [0.05, 0.1) is 6.54 Å². The van der Waals surface area contributed by atoms with Crippen LogP contribution in [0.15, 0.2) is 30.3 Å². The van der Waals surface area contributed by atoms with Crippen LogP contribution >= 0.6 is 0 Å². The van der Waals surface area contributed by atoms with Gasteiger partial charge in [0.15, 0.2) is 5.69 Å². The average molecular weight is 384 g/mol. The van der Waals surface area contributed by atoms with E-state index in [0.717, 1.165) is 24.1 Å². The van der Waals surface area contributed by atoms with Crippen LogP contribution in [-0.2, 0) is 11.3 Å². The Balaban J connectivity index is 1.70. The molecular weight excluding hydrogens is 356 g/mol. The van der Waals surface area contributed by atoms with E-state index in [1.54, 1.807) is 4.90 Å². The Bertz CT molecular complexity index is 849. The number of amides is 2. The van der Waals surface area contributed by atoms with E-state index in [2.05, 4.69) is 15.5 Å². The lowest BCUT2D eigenvalue weighted by Crippen LogP contribution is -2.36. The number of H-pyrrole nitrogens is 1. The fourth-order valence-electron chi connectivity index (χ4n) is 2.86. The lowest BCUT2D eigenvalue weighted by molar-refractivity contribution is 0.0245. The second-order valence-electron chi connectivity index (χ2n) is 8.09. The van der Waals surface area contributed by atoms with Gasteiger partial charge in [-0.3, -0.25) is 9.89 Å². The Morgan fingerprint density at radius 1 is 1.29 bits per heavy atom. The summed E-state index contributed by atoms with van der Waals surface area (Å²) in [5, 5.41) is 9.99. The first-order valence-electron chi connectivity index (χ1n) is 9.69. The maximum atomic E-state index is 12.6. The minimum atomic E-state index is -0.558. The first-order valence-corrected chi connectivity index (χ1v) is 9.69. The van der Waals surface area contributed by atoms with E-state index in [-0.39, 0.29) is 12.0 Å². The standard InChI is InChI=1S/C21H28N4O3/c1-5-25(20(27)28-21(2,3)4)13-15-8-6-7-9-16(15)22-19(26)18-12-17(23-24-18)14-10-11-14/h6-9,12,14H,5,10-11,13H2,1-4H3,(H,22,26)(H,23,24). The van der Waals surface area contributed by atoms with Crippen molar-refractivity contribution in [3.05, 3.63) is 47.3 Å². The largest absolute Gasteiger partial charge is 0.444 e. The molecule has 0 radical (unpaired) electrons. The molecule has 7 nitrogen and oxygen atoms in total. The molecule has 0 bridgehead atoms. The number of carbonyl (C=O) groups excluding carboxylic acids is 2. The van der Waals surface area contributed by atoms with Gasteiger partial charge in [-0.25, -0.2) is 4.79 Å². The third-order valence-corrected chi connectivity index (χ3v) is 4.51. The molecule has 2 amide bonds. The number of hydrogen-bond donors (Lipinski definition) is 2. The van der Waals surface area contributed by atoms with E-state index in [0.29, 0.717) is 30.4 Å². The van der Waals surface area contributed by atoms with E-state index in [9.17, 15) is 9.59 Å². The van der Waals surface area contributed by atoms with Gasteiger partial charge in [0.25, 0.3) is 5.91 Å². The number of nitrogens with one attached hydrogen (secondary N) is 2. The van der Waals surface area contributed by atoms with Crippen LogP contribution in [0, 0.1) is 0 Å². The van der Waals surface area contributed by atoms with Crippen molar-refractivity contribution in [2.24, 2.45) is 0 Å². The first kappa shape index (κ1) is 19.9. The van der Waals surface area contributed by atoms with Crippen molar-refractivity contribution in [2.45, 2.75) is 58.6 Å². The van der Waals surface area contributed by atoms with Crippen molar-refractivity contribution >= 4 is 17.7 Å². The van der Waals surface area contributed by atoms with E-state index in [4.69, 9.17) is 4.74 Å². The van der Waals surface area contributed by atoms with Crippen molar-refractivity contribution in [1.82, 2.24) is 15.1 Å². The molecule has 150 valence electrons. The van der Waals surface area contributed by atoms with E-state index < -0.39 is 5.60 Å². The van der Waals surface area contributed by atoms with Gasteiger partial charge >= 0.3 is 6.09 Å². The molecule has 7 heteroatoms. The fraction of sp³-hybridized carbons (Fsp3) is 0.476. The monoisotopic (exact) mass is 384 g/mol. The Hall–Kier alpha value is -2.83. The average Bonchev–Trinajstić information content (AvgIpc) is 3.36. The summed E-state index contributed by atoms with van der Waals surface area (Å²) >= 11 is 0. The highest BCUT2D eigenvalue weighted by Gasteiger charge is 2.27.